The number of aromatic nitrogens is 2. The lowest BCUT2D eigenvalue weighted by atomic mass is 10.2. The molecule has 0 aliphatic carbocycles. The third-order valence-electron chi connectivity index (χ3n) is 3.88. The minimum Gasteiger partial charge on any atom is -0.497 e. The van der Waals surface area contributed by atoms with E-state index in [1.807, 2.05) is 35.7 Å². The van der Waals surface area contributed by atoms with Crippen LogP contribution in [0.4, 0.5) is 5.82 Å². The Morgan fingerprint density at radius 1 is 1.30 bits per heavy atom. The van der Waals surface area contributed by atoms with Gasteiger partial charge in [-0.25, -0.2) is 9.97 Å². The second-order valence-electron chi connectivity index (χ2n) is 5.72. The number of anilines is 1. The average Bonchev–Trinajstić information content (AvgIpc) is 3.21. The third kappa shape index (κ3) is 3.95. The molecule has 0 atom stereocenters. The Hall–Kier alpha value is -3.26. The molecule has 3 rings (SSSR count). The molecule has 0 saturated heterocycles. The number of aldehydes is 1. The summed E-state index contributed by atoms with van der Waals surface area (Å²) >= 11 is 1.53. The molecule has 2 heterocycles. The number of likely N-dealkylation sites (N-methyl/N-ethyl adjacent to an activating group) is 1. The summed E-state index contributed by atoms with van der Waals surface area (Å²) in [7, 11) is 3.15. The molecule has 8 heteroatoms. The number of hydrazine groups is 1. The van der Waals surface area contributed by atoms with E-state index in [1.54, 1.807) is 21.1 Å². The number of carbonyl (C=O) groups is 2. The number of fused-ring (bicyclic) bond motifs is 1. The highest BCUT2D eigenvalue weighted by atomic mass is 32.1. The fourth-order valence-electron chi connectivity index (χ4n) is 2.48. The fraction of sp³-hybridized carbons (Fsp3) is 0.158. The van der Waals surface area contributed by atoms with Gasteiger partial charge in [-0.2, -0.15) is 0 Å². The monoisotopic (exact) mass is 382 g/mol. The summed E-state index contributed by atoms with van der Waals surface area (Å²) in [6.45, 7) is 1.58. The summed E-state index contributed by atoms with van der Waals surface area (Å²) in [5, 5.41) is 3.95. The Labute approximate surface area is 160 Å². The van der Waals surface area contributed by atoms with E-state index in [9.17, 15) is 9.59 Å². The van der Waals surface area contributed by atoms with Crippen LogP contribution < -0.4 is 10.2 Å². The summed E-state index contributed by atoms with van der Waals surface area (Å²) in [4.78, 5) is 33.1. The highest BCUT2D eigenvalue weighted by Crippen LogP contribution is 2.30. The van der Waals surface area contributed by atoms with Crippen LogP contribution in [-0.4, -0.2) is 41.3 Å². The van der Waals surface area contributed by atoms with E-state index in [0.29, 0.717) is 34.6 Å². The number of thiophene rings is 1. The molecule has 138 valence electrons. The van der Waals surface area contributed by atoms with E-state index in [4.69, 9.17) is 4.74 Å². The van der Waals surface area contributed by atoms with Crippen molar-refractivity contribution in [2.75, 3.05) is 19.6 Å². The van der Waals surface area contributed by atoms with Crippen molar-refractivity contribution >= 4 is 40.3 Å². The van der Waals surface area contributed by atoms with E-state index in [0.717, 1.165) is 10.4 Å². The molecule has 0 saturated carbocycles. The number of benzene rings is 1. The SMILES string of the molecule is COc1ccc2nc(-c3cccs3)nc(NN(C)C(=O)/C(C)=C\C=O)c2c1. The summed E-state index contributed by atoms with van der Waals surface area (Å²) in [6.07, 6.45) is 1.81. The van der Waals surface area contributed by atoms with Crippen molar-refractivity contribution in [2.24, 2.45) is 0 Å². The van der Waals surface area contributed by atoms with E-state index < -0.39 is 0 Å². The quantitative estimate of drug-likeness (QED) is 0.400. The van der Waals surface area contributed by atoms with Crippen molar-refractivity contribution in [1.82, 2.24) is 15.0 Å². The van der Waals surface area contributed by atoms with Crippen LogP contribution in [0.3, 0.4) is 0 Å². The molecule has 0 radical (unpaired) electrons. The average molecular weight is 382 g/mol. The highest BCUT2D eigenvalue weighted by molar-refractivity contribution is 7.13. The second kappa shape index (κ2) is 7.96. The van der Waals surface area contributed by atoms with Crippen LogP contribution in [0, 0.1) is 0 Å². The summed E-state index contributed by atoms with van der Waals surface area (Å²) in [5.74, 6) is 1.35. The first-order chi connectivity index (χ1) is 13.0. The summed E-state index contributed by atoms with van der Waals surface area (Å²) in [5.41, 5.74) is 4.04. The molecule has 0 aliphatic heterocycles. The van der Waals surface area contributed by atoms with Crippen molar-refractivity contribution in [1.29, 1.82) is 0 Å². The lowest BCUT2D eigenvalue weighted by molar-refractivity contribution is -0.124. The number of hydrogen-bond acceptors (Lipinski definition) is 7. The lowest BCUT2D eigenvalue weighted by Crippen LogP contribution is -2.33. The van der Waals surface area contributed by atoms with E-state index >= 15 is 0 Å². The molecule has 0 spiro atoms. The number of carbonyl (C=O) groups excluding carboxylic acids is 2. The maximum atomic E-state index is 12.4. The smallest absolute Gasteiger partial charge is 0.267 e. The van der Waals surface area contributed by atoms with Crippen LogP contribution >= 0.6 is 11.3 Å². The first-order valence-corrected chi connectivity index (χ1v) is 8.98. The molecule has 0 aliphatic rings. The molecular formula is C19H18N4O3S. The molecule has 1 N–H and O–H groups in total. The number of allylic oxidation sites excluding steroid dienone is 1. The molecule has 3 aromatic rings. The van der Waals surface area contributed by atoms with Crippen molar-refractivity contribution < 1.29 is 14.3 Å². The predicted octanol–water partition coefficient (Wildman–Crippen LogP) is 3.30. The molecular weight excluding hydrogens is 364 g/mol. The van der Waals surface area contributed by atoms with Gasteiger partial charge >= 0.3 is 0 Å². The predicted molar refractivity (Wildman–Crippen MR) is 106 cm³/mol. The molecule has 0 unspecified atom stereocenters. The largest absolute Gasteiger partial charge is 0.497 e. The number of methoxy groups -OCH3 is 1. The van der Waals surface area contributed by atoms with Crippen LogP contribution in [0.2, 0.25) is 0 Å². The number of nitrogens with one attached hydrogen (secondary N) is 1. The molecule has 2 aromatic heterocycles. The maximum absolute atomic E-state index is 12.4. The van der Waals surface area contributed by atoms with Gasteiger partial charge < -0.3 is 4.74 Å². The van der Waals surface area contributed by atoms with E-state index in [2.05, 4.69) is 15.4 Å². The maximum Gasteiger partial charge on any atom is 0.267 e. The van der Waals surface area contributed by atoms with Gasteiger partial charge in [0.15, 0.2) is 11.6 Å². The van der Waals surface area contributed by atoms with Crippen LogP contribution in [-0.2, 0) is 9.59 Å². The topological polar surface area (TPSA) is 84.4 Å². The van der Waals surface area contributed by atoms with E-state index in [1.165, 1.54) is 22.4 Å². The molecule has 7 nitrogen and oxygen atoms in total. The zero-order valence-electron chi connectivity index (χ0n) is 15.1. The van der Waals surface area contributed by atoms with Crippen LogP contribution in [0.15, 0.2) is 47.4 Å². The Balaban J connectivity index is 2.07. The first-order valence-electron chi connectivity index (χ1n) is 8.10. The Kier molecular flexibility index (Phi) is 5.46. The molecule has 0 bridgehead atoms. The van der Waals surface area contributed by atoms with Gasteiger partial charge in [0.25, 0.3) is 5.91 Å². The lowest BCUT2D eigenvalue weighted by Gasteiger charge is -2.20. The normalized spacial score (nSPS) is 11.3. The standard InChI is InChI=1S/C19H18N4O3S/c1-12(8-9-24)19(25)23(2)22-17-14-11-13(26-3)6-7-15(14)20-18(21-17)16-5-4-10-27-16/h4-11H,1-3H3,(H,20,21,22)/b12-8-. The minimum atomic E-state index is -0.338. The van der Waals surface area contributed by atoms with Gasteiger partial charge in [-0.1, -0.05) is 6.07 Å². The number of hydrogen-bond donors (Lipinski definition) is 1. The summed E-state index contributed by atoms with van der Waals surface area (Å²) < 4.78 is 5.29. The van der Waals surface area contributed by atoms with Gasteiger partial charge in [0.1, 0.15) is 12.0 Å². The van der Waals surface area contributed by atoms with Crippen molar-refractivity contribution in [3.05, 3.63) is 47.4 Å². The number of nitrogens with zero attached hydrogens (tertiary/aromatic N) is 3. The molecule has 27 heavy (non-hydrogen) atoms. The van der Waals surface area contributed by atoms with Crippen LogP contribution in [0.5, 0.6) is 5.75 Å². The number of ether oxygens (including phenoxy) is 1. The number of rotatable bonds is 6. The van der Waals surface area contributed by atoms with Crippen molar-refractivity contribution in [2.45, 2.75) is 6.92 Å². The molecule has 0 fully saturated rings. The zero-order chi connectivity index (χ0) is 19.4. The minimum absolute atomic E-state index is 0.314. The van der Waals surface area contributed by atoms with Crippen molar-refractivity contribution in [3.63, 3.8) is 0 Å². The van der Waals surface area contributed by atoms with Crippen molar-refractivity contribution in [3.8, 4) is 16.5 Å². The van der Waals surface area contributed by atoms with Gasteiger partial charge in [-0.3, -0.25) is 20.0 Å². The zero-order valence-corrected chi connectivity index (χ0v) is 15.9. The van der Waals surface area contributed by atoms with Crippen LogP contribution in [0.25, 0.3) is 21.6 Å². The van der Waals surface area contributed by atoms with Gasteiger partial charge in [0, 0.05) is 18.0 Å². The van der Waals surface area contributed by atoms with E-state index in [-0.39, 0.29) is 5.91 Å². The number of amides is 1. The van der Waals surface area contributed by atoms with Crippen LogP contribution in [0.1, 0.15) is 6.92 Å². The second-order valence-corrected chi connectivity index (χ2v) is 6.67. The first kappa shape index (κ1) is 18.5. The summed E-state index contributed by atoms with van der Waals surface area (Å²) in [6, 6.07) is 9.34. The molecule has 1 amide bonds. The Morgan fingerprint density at radius 2 is 2.11 bits per heavy atom. The van der Waals surface area contributed by atoms with Gasteiger partial charge in [-0.05, 0) is 42.6 Å². The Bertz CT molecular complexity index is 1020. The molecule has 1 aromatic carbocycles. The van der Waals surface area contributed by atoms with Gasteiger partial charge in [-0.15, -0.1) is 11.3 Å². The van der Waals surface area contributed by atoms with Gasteiger partial charge in [0.05, 0.1) is 17.5 Å². The fourth-order valence-corrected chi connectivity index (χ4v) is 3.14. The van der Waals surface area contributed by atoms with Gasteiger partial charge in [0.2, 0.25) is 0 Å². The third-order valence-corrected chi connectivity index (χ3v) is 4.74. The highest BCUT2D eigenvalue weighted by Gasteiger charge is 2.16. The Morgan fingerprint density at radius 3 is 2.78 bits per heavy atom.